The monoisotopic (exact) mass is 394 g/mol. The second-order valence-electron chi connectivity index (χ2n) is 5.82. The van der Waals surface area contributed by atoms with Crippen LogP contribution in [0.5, 0.6) is 0 Å². The van der Waals surface area contributed by atoms with Crippen molar-refractivity contribution in [3.63, 3.8) is 0 Å². The Bertz CT molecular complexity index is 582. The van der Waals surface area contributed by atoms with Gasteiger partial charge in [0.25, 0.3) is 15.4 Å². The second kappa shape index (κ2) is 8.34. The molecule has 24 heavy (non-hydrogen) atoms. The number of quaternary nitrogens is 1. The van der Waals surface area contributed by atoms with Crippen LogP contribution in [0.1, 0.15) is 36.0 Å². The summed E-state index contributed by atoms with van der Waals surface area (Å²) in [4.78, 5) is 23.6. The fraction of sp³-hybridized carbons (Fsp3) is 0.533. The van der Waals surface area contributed by atoms with Crippen LogP contribution in [0.3, 0.4) is 0 Å². The first-order valence-corrected chi connectivity index (χ1v) is 8.89. The molecule has 1 heterocycles. The van der Waals surface area contributed by atoms with Gasteiger partial charge >= 0.3 is 0 Å². The molecule has 1 aliphatic rings. The zero-order chi connectivity index (χ0) is 17.7. The van der Waals surface area contributed by atoms with E-state index in [0.717, 1.165) is 43.7 Å². The minimum atomic E-state index is -1.64. The summed E-state index contributed by atoms with van der Waals surface area (Å²) in [6.07, 6.45) is 3.61. The molecule has 0 bridgehead atoms. The first-order valence-electron chi connectivity index (χ1n) is 7.75. The van der Waals surface area contributed by atoms with Crippen molar-refractivity contribution in [1.82, 2.24) is 5.32 Å². The third kappa shape index (κ3) is 5.21. The molecule has 1 amide bonds. The van der Waals surface area contributed by atoms with E-state index in [0.29, 0.717) is 0 Å². The van der Waals surface area contributed by atoms with Crippen molar-refractivity contribution in [2.75, 3.05) is 13.1 Å². The normalized spacial score (nSPS) is 17.8. The Labute approximate surface area is 155 Å². The fourth-order valence-corrected chi connectivity index (χ4v) is 3.46. The molecular formula is C15H19Cl3N3O3+. The lowest BCUT2D eigenvalue weighted by Crippen LogP contribution is -3.19. The van der Waals surface area contributed by atoms with Crippen LogP contribution in [0.2, 0.25) is 0 Å². The number of alkyl halides is 3. The molecule has 9 heteroatoms. The number of hydrogen-bond donors (Lipinski definition) is 2. The zero-order valence-electron chi connectivity index (χ0n) is 12.9. The molecule has 2 rings (SSSR count). The highest BCUT2D eigenvalue weighted by atomic mass is 35.6. The molecule has 1 aliphatic heterocycles. The number of nitrogens with zero attached hydrogens (tertiary/aromatic N) is 1. The van der Waals surface area contributed by atoms with E-state index >= 15 is 0 Å². The highest BCUT2D eigenvalue weighted by Gasteiger charge is 2.42. The third-order valence-corrected chi connectivity index (χ3v) is 4.75. The van der Waals surface area contributed by atoms with E-state index in [1.807, 2.05) is 0 Å². The predicted octanol–water partition coefficient (Wildman–Crippen LogP) is 2.48. The largest absolute Gasteiger partial charge is 0.312 e. The Kier molecular flexibility index (Phi) is 6.69. The van der Waals surface area contributed by atoms with E-state index in [2.05, 4.69) is 5.32 Å². The molecule has 132 valence electrons. The molecule has 1 atom stereocenters. The average Bonchev–Trinajstić information content (AvgIpc) is 2.80. The van der Waals surface area contributed by atoms with Crippen molar-refractivity contribution in [1.29, 1.82) is 0 Å². The van der Waals surface area contributed by atoms with Gasteiger partial charge in [-0.3, -0.25) is 20.2 Å². The van der Waals surface area contributed by atoms with Gasteiger partial charge in [-0.25, -0.2) is 0 Å². The van der Waals surface area contributed by atoms with Crippen molar-refractivity contribution in [2.24, 2.45) is 0 Å². The molecule has 6 nitrogen and oxygen atoms in total. The molecule has 0 aromatic heterocycles. The van der Waals surface area contributed by atoms with Gasteiger partial charge in [0.15, 0.2) is 0 Å². The quantitative estimate of drug-likeness (QED) is 0.467. The van der Waals surface area contributed by atoms with Crippen LogP contribution in [0.4, 0.5) is 5.69 Å². The molecule has 0 unspecified atom stereocenters. The summed E-state index contributed by atoms with van der Waals surface area (Å²) in [7, 11) is 0. The first-order chi connectivity index (χ1) is 11.3. The Balaban J connectivity index is 2.13. The lowest BCUT2D eigenvalue weighted by molar-refractivity contribution is -0.926. The molecule has 0 spiro atoms. The van der Waals surface area contributed by atoms with Crippen molar-refractivity contribution in [2.45, 2.75) is 35.6 Å². The lowest BCUT2D eigenvalue weighted by atomic mass is 10.2. The lowest BCUT2D eigenvalue weighted by Gasteiger charge is -2.32. The van der Waals surface area contributed by atoms with Crippen molar-refractivity contribution in [3.8, 4) is 0 Å². The standard InChI is InChI=1S/C15H18Cl3N3O3/c16-15(17,18)14(20-9-3-1-2-4-10-20)19-13(22)11-5-7-12(8-6-11)21(23)24/h5-8,14H,1-4,9-10H2,(H,19,22)/p+1/t14-/m1/s1. The second-order valence-corrected chi connectivity index (χ2v) is 8.19. The topological polar surface area (TPSA) is 76.7 Å². The number of nitrogens with one attached hydrogen (secondary N) is 2. The predicted molar refractivity (Wildman–Crippen MR) is 93.8 cm³/mol. The maximum atomic E-state index is 12.4. The number of hydrogen-bond acceptors (Lipinski definition) is 3. The zero-order valence-corrected chi connectivity index (χ0v) is 15.2. The summed E-state index contributed by atoms with van der Waals surface area (Å²) < 4.78 is -1.64. The highest BCUT2D eigenvalue weighted by molar-refractivity contribution is 6.68. The Morgan fingerprint density at radius 1 is 1.12 bits per heavy atom. The molecule has 1 aromatic rings. The third-order valence-electron chi connectivity index (χ3n) is 4.10. The fourth-order valence-electron chi connectivity index (χ4n) is 2.84. The van der Waals surface area contributed by atoms with E-state index < -0.39 is 20.8 Å². The number of rotatable bonds is 4. The summed E-state index contributed by atoms with van der Waals surface area (Å²) in [6, 6.07) is 5.33. The van der Waals surface area contributed by atoms with Crippen molar-refractivity contribution >= 4 is 46.4 Å². The van der Waals surface area contributed by atoms with Gasteiger partial charge in [-0.15, -0.1) is 0 Å². The molecule has 2 N–H and O–H groups in total. The minimum Gasteiger partial charge on any atom is -0.312 e. The van der Waals surface area contributed by atoms with E-state index in [9.17, 15) is 14.9 Å². The minimum absolute atomic E-state index is 0.0809. The molecule has 0 aliphatic carbocycles. The number of carbonyl (C=O) groups excluding carboxylic acids is 1. The van der Waals surface area contributed by atoms with Gasteiger partial charge in [0.05, 0.1) is 18.0 Å². The SMILES string of the molecule is O=C(N[C@H]([NH+]1CCCCCC1)C(Cl)(Cl)Cl)c1ccc([N+](=O)[O-])cc1. The van der Waals surface area contributed by atoms with Gasteiger partial charge in [-0.1, -0.05) is 34.8 Å². The summed E-state index contributed by atoms with van der Waals surface area (Å²) in [6.45, 7) is 1.64. The van der Waals surface area contributed by atoms with E-state index in [1.165, 1.54) is 24.3 Å². The number of likely N-dealkylation sites (tertiary alicyclic amines) is 1. The molecule has 1 aromatic carbocycles. The number of nitro groups is 1. The Morgan fingerprint density at radius 3 is 2.12 bits per heavy atom. The summed E-state index contributed by atoms with van der Waals surface area (Å²) in [5.41, 5.74) is 0.205. The maximum absolute atomic E-state index is 12.4. The number of benzene rings is 1. The number of non-ortho nitro benzene ring substituents is 1. The number of carbonyl (C=O) groups is 1. The molecule has 0 saturated carbocycles. The van der Waals surface area contributed by atoms with E-state index in [1.54, 1.807) is 0 Å². The summed E-state index contributed by atoms with van der Waals surface area (Å²) >= 11 is 18.3. The van der Waals surface area contributed by atoms with Gasteiger partial charge in [-0.2, -0.15) is 0 Å². The first kappa shape index (κ1) is 19.2. The van der Waals surface area contributed by atoms with Gasteiger partial charge < -0.3 is 4.90 Å². The van der Waals surface area contributed by atoms with Gasteiger partial charge in [0.2, 0.25) is 6.17 Å². The summed E-state index contributed by atoms with van der Waals surface area (Å²) in [5.74, 6) is -0.419. The summed E-state index contributed by atoms with van der Waals surface area (Å²) in [5, 5.41) is 13.5. The van der Waals surface area contributed by atoms with Crippen LogP contribution < -0.4 is 10.2 Å². The highest BCUT2D eigenvalue weighted by Crippen LogP contribution is 2.28. The average molecular weight is 396 g/mol. The van der Waals surface area contributed by atoms with Crippen LogP contribution >= 0.6 is 34.8 Å². The molecule has 1 saturated heterocycles. The number of nitro benzene ring substituents is 1. The smallest absolute Gasteiger partial charge is 0.269 e. The Morgan fingerprint density at radius 2 is 1.67 bits per heavy atom. The molecule has 1 fully saturated rings. The number of halogens is 3. The van der Waals surface area contributed by atoms with Crippen molar-refractivity contribution < 1.29 is 14.6 Å². The number of amides is 1. The Hall–Kier alpha value is -1.08. The maximum Gasteiger partial charge on any atom is 0.269 e. The molecule has 0 radical (unpaired) electrons. The van der Waals surface area contributed by atoms with Crippen LogP contribution in [0.15, 0.2) is 24.3 Å². The van der Waals surface area contributed by atoms with Gasteiger partial charge in [-0.05, 0) is 37.8 Å². The van der Waals surface area contributed by atoms with Crippen LogP contribution in [-0.4, -0.2) is 33.9 Å². The van der Waals surface area contributed by atoms with E-state index in [-0.39, 0.29) is 11.3 Å². The van der Waals surface area contributed by atoms with Crippen molar-refractivity contribution in [3.05, 3.63) is 39.9 Å². The van der Waals surface area contributed by atoms with Gasteiger partial charge in [0.1, 0.15) is 0 Å². The molecular weight excluding hydrogens is 377 g/mol. The van der Waals surface area contributed by atoms with Crippen LogP contribution in [0, 0.1) is 10.1 Å². The van der Waals surface area contributed by atoms with Crippen LogP contribution in [0.25, 0.3) is 0 Å². The van der Waals surface area contributed by atoms with Gasteiger partial charge in [0, 0.05) is 17.7 Å². The van der Waals surface area contributed by atoms with E-state index in [4.69, 9.17) is 34.8 Å². The van der Waals surface area contributed by atoms with Crippen LogP contribution in [-0.2, 0) is 0 Å².